The SMILES string of the molecule is O=C(C=Cc1ccc2c(c1)OCCO2)NS(=O)(=O)c1ccccc1Cl. The lowest BCUT2D eigenvalue weighted by molar-refractivity contribution is -0.114. The second-order valence-electron chi connectivity index (χ2n) is 5.14. The van der Waals surface area contributed by atoms with Gasteiger partial charge in [0.25, 0.3) is 15.9 Å². The molecule has 2 aromatic carbocycles. The van der Waals surface area contributed by atoms with E-state index in [9.17, 15) is 13.2 Å². The predicted molar refractivity (Wildman–Crippen MR) is 93.2 cm³/mol. The Balaban J connectivity index is 1.72. The number of hydrogen-bond acceptors (Lipinski definition) is 5. The van der Waals surface area contributed by atoms with Gasteiger partial charge >= 0.3 is 0 Å². The molecule has 0 aromatic heterocycles. The lowest BCUT2D eigenvalue weighted by Crippen LogP contribution is -2.29. The fourth-order valence-corrected chi connectivity index (χ4v) is 3.69. The molecule has 1 heterocycles. The second-order valence-corrected chi connectivity index (χ2v) is 7.19. The van der Waals surface area contributed by atoms with Gasteiger partial charge in [-0.3, -0.25) is 4.79 Å². The third-order valence-corrected chi connectivity index (χ3v) is 5.20. The Labute approximate surface area is 150 Å². The van der Waals surface area contributed by atoms with Gasteiger partial charge in [0.15, 0.2) is 11.5 Å². The molecule has 0 saturated heterocycles. The second kappa shape index (κ2) is 7.16. The highest BCUT2D eigenvalue weighted by Gasteiger charge is 2.19. The number of rotatable bonds is 4. The van der Waals surface area contributed by atoms with Gasteiger partial charge in [-0.05, 0) is 35.9 Å². The molecule has 3 rings (SSSR count). The monoisotopic (exact) mass is 379 g/mol. The number of carbonyl (C=O) groups is 1. The van der Waals surface area contributed by atoms with Crippen LogP contribution in [0.25, 0.3) is 6.08 Å². The molecule has 130 valence electrons. The van der Waals surface area contributed by atoms with E-state index in [2.05, 4.69) is 0 Å². The standard InChI is InChI=1S/C17H14ClNO5S/c18-13-3-1-2-4-16(13)25(21,22)19-17(20)8-6-12-5-7-14-15(11-12)24-10-9-23-14/h1-8,11H,9-10H2,(H,19,20). The van der Waals surface area contributed by atoms with Gasteiger partial charge in [-0.2, -0.15) is 0 Å². The topological polar surface area (TPSA) is 81.7 Å². The first-order valence-corrected chi connectivity index (χ1v) is 9.21. The van der Waals surface area contributed by atoms with Crippen molar-refractivity contribution in [3.8, 4) is 11.5 Å². The molecule has 0 unspecified atom stereocenters. The van der Waals surface area contributed by atoms with Crippen molar-refractivity contribution in [1.29, 1.82) is 0 Å². The molecule has 1 amide bonds. The molecular formula is C17H14ClNO5S. The number of hydrogen-bond donors (Lipinski definition) is 1. The highest BCUT2D eigenvalue weighted by atomic mass is 35.5. The van der Waals surface area contributed by atoms with Gasteiger partial charge in [0.05, 0.1) is 5.02 Å². The van der Waals surface area contributed by atoms with E-state index < -0.39 is 15.9 Å². The minimum atomic E-state index is -4.04. The van der Waals surface area contributed by atoms with Crippen molar-refractivity contribution in [2.75, 3.05) is 13.2 Å². The van der Waals surface area contributed by atoms with E-state index in [1.165, 1.54) is 24.3 Å². The molecule has 0 bridgehead atoms. The van der Waals surface area contributed by atoms with Crippen LogP contribution in [-0.2, 0) is 14.8 Å². The van der Waals surface area contributed by atoms with Crippen LogP contribution in [0.3, 0.4) is 0 Å². The molecule has 0 aliphatic carbocycles. The molecule has 2 aromatic rings. The van der Waals surface area contributed by atoms with Crippen LogP contribution in [0.4, 0.5) is 0 Å². The zero-order valence-corrected chi connectivity index (χ0v) is 14.5. The summed E-state index contributed by atoms with van der Waals surface area (Å²) >= 11 is 5.86. The van der Waals surface area contributed by atoms with Gasteiger partial charge in [-0.25, -0.2) is 13.1 Å². The average Bonchev–Trinajstić information content (AvgIpc) is 2.59. The minimum absolute atomic E-state index is 0.0404. The summed E-state index contributed by atoms with van der Waals surface area (Å²) in [5.74, 6) is 0.432. The van der Waals surface area contributed by atoms with Crippen LogP contribution in [0.2, 0.25) is 5.02 Å². The number of fused-ring (bicyclic) bond motifs is 1. The molecule has 1 N–H and O–H groups in total. The highest BCUT2D eigenvalue weighted by molar-refractivity contribution is 7.90. The van der Waals surface area contributed by atoms with E-state index in [1.54, 1.807) is 24.3 Å². The largest absolute Gasteiger partial charge is 0.486 e. The fourth-order valence-electron chi connectivity index (χ4n) is 2.22. The smallest absolute Gasteiger partial charge is 0.265 e. The summed E-state index contributed by atoms with van der Waals surface area (Å²) in [6.45, 7) is 0.946. The van der Waals surface area contributed by atoms with Crippen LogP contribution >= 0.6 is 11.6 Å². The Bertz CT molecular complexity index is 940. The van der Waals surface area contributed by atoms with E-state index in [1.807, 2.05) is 4.72 Å². The van der Waals surface area contributed by atoms with Gasteiger partial charge in [-0.15, -0.1) is 0 Å². The number of carbonyl (C=O) groups excluding carboxylic acids is 1. The van der Waals surface area contributed by atoms with Crippen molar-refractivity contribution < 1.29 is 22.7 Å². The lowest BCUT2D eigenvalue weighted by atomic mass is 10.2. The van der Waals surface area contributed by atoms with E-state index >= 15 is 0 Å². The first kappa shape index (κ1) is 17.3. The molecule has 0 radical (unpaired) electrons. The molecule has 0 atom stereocenters. The Kier molecular flexibility index (Phi) is 4.96. The first-order valence-electron chi connectivity index (χ1n) is 7.35. The zero-order valence-electron chi connectivity index (χ0n) is 12.9. The molecule has 0 spiro atoms. The number of nitrogens with one attached hydrogen (secondary N) is 1. The summed E-state index contributed by atoms with van der Waals surface area (Å²) in [4.78, 5) is 11.8. The molecule has 8 heteroatoms. The number of ether oxygens (including phenoxy) is 2. The predicted octanol–water partition coefficient (Wildman–Crippen LogP) is 2.63. The molecule has 25 heavy (non-hydrogen) atoms. The van der Waals surface area contributed by atoms with E-state index in [0.29, 0.717) is 30.3 Å². The van der Waals surface area contributed by atoms with Gasteiger partial charge in [0.1, 0.15) is 18.1 Å². The van der Waals surface area contributed by atoms with Crippen LogP contribution in [-0.4, -0.2) is 27.5 Å². The van der Waals surface area contributed by atoms with Crippen molar-refractivity contribution >= 4 is 33.6 Å². The summed E-state index contributed by atoms with van der Waals surface area (Å²) < 4.78 is 37.2. The van der Waals surface area contributed by atoms with Crippen molar-refractivity contribution in [2.45, 2.75) is 4.90 Å². The number of sulfonamides is 1. The zero-order chi connectivity index (χ0) is 17.9. The van der Waals surface area contributed by atoms with Crippen LogP contribution in [0.5, 0.6) is 11.5 Å². The van der Waals surface area contributed by atoms with E-state index in [4.69, 9.17) is 21.1 Å². The maximum atomic E-state index is 12.2. The summed E-state index contributed by atoms with van der Waals surface area (Å²) in [5.41, 5.74) is 0.676. The molecular weight excluding hydrogens is 366 g/mol. The Hall–Kier alpha value is -2.51. The van der Waals surface area contributed by atoms with Gasteiger partial charge in [-0.1, -0.05) is 29.8 Å². The van der Waals surface area contributed by atoms with Crippen molar-refractivity contribution in [2.24, 2.45) is 0 Å². The minimum Gasteiger partial charge on any atom is -0.486 e. The quantitative estimate of drug-likeness (QED) is 0.826. The summed E-state index contributed by atoms with van der Waals surface area (Å²) in [7, 11) is -4.04. The maximum Gasteiger partial charge on any atom is 0.265 e. The third kappa shape index (κ3) is 4.12. The first-order chi connectivity index (χ1) is 12.0. The van der Waals surface area contributed by atoms with Gasteiger partial charge < -0.3 is 9.47 Å². The molecule has 0 fully saturated rings. The molecule has 1 aliphatic rings. The number of benzene rings is 2. The van der Waals surface area contributed by atoms with Crippen molar-refractivity contribution in [3.05, 3.63) is 59.1 Å². The van der Waals surface area contributed by atoms with Crippen molar-refractivity contribution in [1.82, 2.24) is 4.72 Å². The highest BCUT2D eigenvalue weighted by Crippen LogP contribution is 2.31. The Morgan fingerprint density at radius 1 is 1.08 bits per heavy atom. The maximum absolute atomic E-state index is 12.2. The van der Waals surface area contributed by atoms with Gasteiger partial charge in [0, 0.05) is 6.08 Å². The average molecular weight is 380 g/mol. The van der Waals surface area contributed by atoms with Crippen LogP contribution in [0.15, 0.2) is 53.4 Å². The van der Waals surface area contributed by atoms with Gasteiger partial charge in [0.2, 0.25) is 0 Å². The third-order valence-electron chi connectivity index (χ3n) is 3.35. The Morgan fingerprint density at radius 3 is 2.56 bits per heavy atom. The molecule has 0 saturated carbocycles. The van der Waals surface area contributed by atoms with Crippen LogP contribution < -0.4 is 14.2 Å². The lowest BCUT2D eigenvalue weighted by Gasteiger charge is -2.18. The Morgan fingerprint density at radius 2 is 1.80 bits per heavy atom. The van der Waals surface area contributed by atoms with Crippen LogP contribution in [0.1, 0.15) is 5.56 Å². The molecule has 6 nitrogen and oxygen atoms in total. The van der Waals surface area contributed by atoms with Crippen LogP contribution in [0, 0.1) is 0 Å². The summed E-state index contributed by atoms with van der Waals surface area (Å²) in [5, 5.41) is 0.0404. The number of amides is 1. The summed E-state index contributed by atoms with van der Waals surface area (Å²) in [6, 6.07) is 11.1. The van der Waals surface area contributed by atoms with E-state index in [0.717, 1.165) is 6.08 Å². The normalized spacial score (nSPS) is 13.6. The van der Waals surface area contributed by atoms with E-state index in [-0.39, 0.29) is 9.92 Å². The molecule has 1 aliphatic heterocycles. The van der Waals surface area contributed by atoms with Crippen molar-refractivity contribution in [3.63, 3.8) is 0 Å². The number of halogens is 1. The fraction of sp³-hybridized carbons (Fsp3) is 0.118. The summed E-state index contributed by atoms with van der Waals surface area (Å²) in [6.07, 6.45) is 2.61.